The molecule has 102 valence electrons. The lowest BCUT2D eigenvalue weighted by Crippen LogP contribution is -2.43. The summed E-state index contributed by atoms with van der Waals surface area (Å²) in [4.78, 5) is 11.7. The number of terminal acetylenes is 1. The summed E-state index contributed by atoms with van der Waals surface area (Å²) in [5, 5.41) is 5.87. The number of methoxy groups -OCH3 is 1. The fraction of sp³-hybridized carbons (Fsp3) is 0.400. The molecule has 1 aromatic carbocycles. The van der Waals surface area contributed by atoms with E-state index in [9.17, 15) is 4.79 Å². The van der Waals surface area contributed by atoms with E-state index in [0.717, 1.165) is 11.3 Å². The number of benzene rings is 1. The Morgan fingerprint density at radius 3 is 2.74 bits per heavy atom. The van der Waals surface area contributed by atoms with Gasteiger partial charge in [-0.15, -0.1) is 6.42 Å². The van der Waals surface area contributed by atoms with Gasteiger partial charge in [-0.25, -0.2) is 0 Å². The molecule has 0 saturated carbocycles. The van der Waals surface area contributed by atoms with E-state index < -0.39 is 0 Å². The van der Waals surface area contributed by atoms with E-state index in [0.29, 0.717) is 0 Å². The summed E-state index contributed by atoms with van der Waals surface area (Å²) in [6.45, 7) is 4.04. The van der Waals surface area contributed by atoms with Crippen molar-refractivity contribution in [2.75, 3.05) is 13.7 Å². The molecule has 2 atom stereocenters. The lowest BCUT2D eigenvalue weighted by atomic mass is 10.1. The van der Waals surface area contributed by atoms with Gasteiger partial charge in [0, 0.05) is 11.6 Å². The van der Waals surface area contributed by atoms with E-state index in [4.69, 9.17) is 11.2 Å². The predicted molar refractivity (Wildman–Crippen MR) is 75.8 cm³/mol. The molecule has 0 saturated heterocycles. The summed E-state index contributed by atoms with van der Waals surface area (Å²) in [5.74, 6) is 3.07. The van der Waals surface area contributed by atoms with Crippen molar-refractivity contribution in [3.05, 3.63) is 29.8 Å². The number of rotatable bonds is 6. The molecule has 2 N–H and O–H groups in total. The minimum atomic E-state index is -0.326. The molecule has 4 heteroatoms. The van der Waals surface area contributed by atoms with Crippen LogP contribution in [0.25, 0.3) is 0 Å². The smallest absolute Gasteiger partial charge is 0.237 e. The van der Waals surface area contributed by atoms with E-state index in [2.05, 4.69) is 16.6 Å². The second-order valence-electron chi connectivity index (χ2n) is 4.27. The van der Waals surface area contributed by atoms with Crippen LogP contribution in [0.3, 0.4) is 0 Å². The molecule has 0 radical (unpaired) electrons. The van der Waals surface area contributed by atoms with Gasteiger partial charge in [0.2, 0.25) is 5.91 Å². The minimum Gasteiger partial charge on any atom is -0.496 e. The van der Waals surface area contributed by atoms with Crippen molar-refractivity contribution in [3.63, 3.8) is 0 Å². The molecule has 4 nitrogen and oxygen atoms in total. The highest BCUT2D eigenvalue weighted by Crippen LogP contribution is 2.24. The maximum atomic E-state index is 11.7. The van der Waals surface area contributed by atoms with Gasteiger partial charge in [-0.2, -0.15) is 0 Å². The summed E-state index contributed by atoms with van der Waals surface area (Å²) < 4.78 is 5.31. The highest BCUT2D eigenvalue weighted by molar-refractivity contribution is 5.81. The van der Waals surface area contributed by atoms with Crippen LogP contribution in [0.2, 0.25) is 0 Å². The first-order chi connectivity index (χ1) is 9.10. The second kappa shape index (κ2) is 7.45. The number of para-hydroxylation sites is 1. The molecule has 0 spiro atoms. The van der Waals surface area contributed by atoms with Crippen molar-refractivity contribution in [1.82, 2.24) is 10.6 Å². The normalized spacial score (nSPS) is 13.2. The van der Waals surface area contributed by atoms with E-state index >= 15 is 0 Å². The summed E-state index contributed by atoms with van der Waals surface area (Å²) in [6, 6.07) is 7.41. The molecular weight excluding hydrogens is 240 g/mol. The van der Waals surface area contributed by atoms with Crippen molar-refractivity contribution in [2.24, 2.45) is 0 Å². The predicted octanol–water partition coefficient (Wildman–Crippen LogP) is 1.48. The number of amides is 1. The summed E-state index contributed by atoms with van der Waals surface area (Å²) in [7, 11) is 1.63. The molecule has 1 unspecified atom stereocenters. The third-order valence-corrected chi connectivity index (χ3v) is 2.86. The topological polar surface area (TPSA) is 50.4 Å². The largest absolute Gasteiger partial charge is 0.496 e. The Hall–Kier alpha value is -1.99. The average Bonchev–Trinajstić information content (AvgIpc) is 2.44. The second-order valence-corrected chi connectivity index (χ2v) is 4.27. The minimum absolute atomic E-state index is 0.00253. The van der Waals surface area contributed by atoms with Gasteiger partial charge in [0.25, 0.3) is 0 Å². The van der Waals surface area contributed by atoms with Crippen molar-refractivity contribution in [1.29, 1.82) is 0 Å². The number of ether oxygens (including phenoxy) is 1. The van der Waals surface area contributed by atoms with Gasteiger partial charge in [0.1, 0.15) is 5.75 Å². The average molecular weight is 260 g/mol. The van der Waals surface area contributed by atoms with Crippen LogP contribution in [0.15, 0.2) is 24.3 Å². The lowest BCUT2D eigenvalue weighted by molar-refractivity contribution is -0.122. The van der Waals surface area contributed by atoms with Gasteiger partial charge in [0.05, 0.1) is 19.7 Å². The fourth-order valence-corrected chi connectivity index (χ4v) is 1.86. The van der Waals surface area contributed by atoms with Gasteiger partial charge in [-0.3, -0.25) is 10.1 Å². The van der Waals surface area contributed by atoms with Crippen LogP contribution < -0.4 is 15.4 Å². The van der Waals surface area contributed by atoms with Crippen LogP contribution in [0.4, 0.5) is 0 Å². The van der Waals surface area contributed by atoms with Gasteiger partial charge in [-0.05, 0) is 19.9 Å². The quantitative estimate of drug-likeness (QED) is 0.762. The molecule has 0 heterocycles. The first kappa shape index (κ1) is 15.1. The number of hydrogen-bond donors (Lipinski definition) is 2. The Labute approximate surface area is 114 Å². The monoisotopic (exact) mass is 260 g/mol. The van der Waals surface area contributed by atoms with Crippen LogP contribution in [0.5, 0.6) is 5.75 Å². The van der Waals surface area contributed by atoms with Gasteiger partial charge in [0.15, 0.2) is 0 Å². The maximum Gasteiger partial charge on any atom is 0.237 e. The third-order valence-electron chi connectivity index (χ3n) is 2.86. The molecule has 0 bridgehead atoms. The zero-order chi connectivity index (χ0) is 14.3. The first-order valence-corrected chi connectivity index (χ1v) is 6.20. The highest BCUT2D eigenvalue weighted by Gasteiger charge is 2.17. The number of carbonyl (C=O) groups is 1. The lowest BCUT2D eigenvalue weighted by Gasteiger charge is -2.21. The Balaban J connectivity index is 2.66. The molecular formula is C15H20N2O2. The Morgan fingerprint density at radius 1 is 1.42 bits per heavy atom. The zero-order valence-electron chi connectivity index (χ0n) is 11.6. The van der Waals surface area contributed by atoms with Crippen molar-refractivity contribution < 1.29 is 9.53 Å². The Morgan fingerprint density at radius 2 is 2.11 bits per heavy atom. The molecule has 0 aromatic heterocycles. The van der Waals surface area contributed by atoms with E-state index in [1.54, 1.807) is 14.0 Å². The molecule has 19 heavy (non-hydrogen) atoms. The van der Waals surface area contributed by atoms with Crippen molar-refractivity contribution >= 4 is 5.91 Å². The maximum absolute atomic E-state index is 11.7. The number of hydrogen-bond acceptors (Lipinski definition) is 3. The summed E-state index contributed by atoms with van der Waals surface area (Å²) in [6.07, 6.45) is 5.11. The molecule has 1 amide bonds. The van der Waals surface area contributed by atoms with Crippen LogP contribution in [-0.4, -0.2) is 25.6 Å². The molecule has 0 aliphatic heterocycles. The number of nitrogens with one attached hydrogen (secondary N) is 2. The molecule has 1 aromatic rings. The van der Waals surface area contributed by atoms with Crippen LogP contribution in [-0.2, 0) is 4.79 Å². The van der Waals surface area contributed by atoms with E-state index in [-0.39, 0.29) is 24.5 Å². The van der Waals surface area contributed by atoms with Crippen molar-refractivity contribution in [3.8, 4) is 18.1 Å². The van der Waals surface area contributed by atoms with Gasteiger partial charge in [-0.1, -0.05) is 24.1 Å². The third kappa shape index (κ3) is 4.31. The summed E-state index contributed by atoms with van der Waals surface area (Å²) in [5.41, 5.74) is 1.02. The standard InChI is InChI=1S/C15H20N2O2/c1-5-10-16-15(18)12(3)17-11(2)13-8-6-7-9-14(13)19-4/h1,6-9,11-12,17H,10H2,2-4H3,(H,16,18)/t11-,12?/m1/s1. The van der Waals surface area contributed by atoms with Crippen molar-refractivity contribution in [2.45, 2.75) is 25.9 Å². The Bertz CT molecular complexity index is 465. The van der Waals surface area contributed by atoms with E-state index in [1.807, 2.05) is 31.2 Å². The van der Waals surface area contributed by atoms with Gasteiger partial charge >= 0.3 is 0 Å². The Kier molecular flexibility index (Phi) is 5.91. The van der Waals surface area contributed by atoms with E-state index in [1.165, 1.54) is 0 Å². The van der Waals surface area contributed by atoms with Crippen LogP contribution in [0.1, 0.15) is 25.5 Å². The summed E-state index contributed by atoms with van der Waals surface area (Å²) >= 11 is 0. The van der Waals surface area contributed by atoms with Crippen LogP contribution in [0, 0.1) is 12.3 Å². The molecule has 0 aliphatic rings. The van der Waals surface area contributed by atoms with Gasteiger partial charge < -0.3 is 10.1 Å². The first-order valence-electron chi connectivity index (χ1n) is 6.20. The molecule has 0 aliphatic carbocycles. The molecule has 1 rings (SSSR count). The van der Waals surface area contributed by atoms with Crippen LogP contribution >= 0.6 is 0 Å². The fourth-order valence-electron chi connectivity index (χ4n) is 1.86. The SMILES string of the molecule is C#CCNC(=O)C(C)N[C@H](C)c1ccccc1OC. The molecule has 0 fully saturated rings. The number of carbonyl (C=O) groups excluding carboxylic acids is 1. The highest BCUT2D eigenvalue weighted by atomic mass is 16.5. The zero-order valence-corrected chi connectivity index (χ0v) is 11.6.